The van der Waals surface area contributed by atoms with Crippen molar-refractivity contribution in [1.29, 1.82) is 0 Å². The van der Waals surface area contributed by atoms with Crippen molar-refractivity contribution in [3.63, 3.8) is 0 Å². The number of nitrogens with two attached hydrogens (primary N) is 1. The van der Waals surface area contributed by atoms with E-state index in [4.69, 9.17) is 5.73 Å². The number of amides is 1. The second-order valence-electron chi connectivity index (χ2n) is 9.69. The summed E-state index contributed by atoms with van der Waals surface area (Å²) in [4.78, 5) is 19.7. The van der Waals surface area contributed by atoms with E-state index in [1.165, 1.54) is 6.42 Å². The molecule has 1 aliphatic rings. The number of rotatable bonds is 7. The summed E-state index contributed by atoms with van der Waals surface area (Å²) in [5.74, 6) is 0.222. The third-order valence-electron chi connectivity index (χ3n) is 6.12. The third-order valence-corrected chi connectivity index (χ3v) is 7.89. The molecule has 0 radical (unpaired) electrons. The smallest absolute Gasteiger partial charge is 0.250 e. The molecular formula is C24H30N4O3S. The predicted octanol–water partition coefficient (Wildman–Crippen LogP) is 3.87. The van der Waals surface area contributed by atoms with Gasteiger partial charge in [0.05, 0.1) is 10.5 Å². The molecule has 0 spiro atoms. The number of hydrogen-bond donors (Lipinski definition) is 3. The first-order valence-corrected chi connectivity index (χ1v) is 12.4. The summed E-state index contributed by atoms with van der Waals surface area (Å²) in [6.07, 6.45) is 7.60. The molecule has 1 unspecified atom stereocenters. The molecule has 4 rings (SSSR count). The molecule has 0 saturated heterocycles. The average Bonchev–Trinajstić information content (AvgIpc) is 3.09. The molecule has 8 heteroatoms. The molecule has 1 aliphatic carbocycles. The zero-order chi connectivity index (χ0) is 23.1. The van der Waals surface area contributed by atoms with Gasteiger partial charge < -0.3 is 10.7 Å². The highest BCUT2D eigenvalue weighted by Gasteiger charge is 2.31. The maximum atomic E-state index is 12.6. The molecule has 1 atom stereocenters. The number of benzene rings is 1. The maximum Gasteiger partial charge on any atom is 0.250 e. The molecule has 1 amide bonds. The summed E-state index contributed by atoms with van der Waals surface area (Å²) in [5, 5.41) is 0.797. The Hall–Kier alpha value is -2.71. The standard InChI is InChI=1S/C24H30N4O3S/c1-24(2,3)28-32(30,31)17-9-7-15(8-10-17)13-19(16-5-4-6-16)18-11-12-26-23-21(18)20(14-27-23)22(25)29/h7-12,14,16,19,28H,4-6,13H2,1-3H3,(H2,25,29)(H,26,27). The molecule has 170 valence electrons. The Kier molecular flexibility index (Phi) is 5.85. The third kappa shape index (κ3) is 4.56. The molecule has 3 aromatic rings. The first-order chi connectivity index (χ1) is 15.0. The van der Waals surface area contributed by atoms with Crippen molar-refractivity contribution in [3.8, 4) is 0 Å². The molecule has 0 bridgehead atoms. The Bertz CT molecular complexity index is 1240. The number of nitrogens with one attached hydrogen (secondary N) is 2. The van der Waals surface area contributed by atoms with Crippen LogP contribution in [0.5, 0.6) is 0 Å². The van der Waals surface area contributed by atoms with E-state index in [1.54, 1.807) is 24.5 Å². The highest BCUT2D eigenvalue weighted by atomic mass is 32.2. The van der Waals surface area contributed by atoms with Gasteiger partial charge in [-0.15, -0.1) is 0 Å². The number of pyridine rings is 1. The zero-order valence-electron chi connectivity index (χ0n) is 18.7. The SMILES string of the molecule is CC(C)(C)NS(=O)(=O)c1ccc(CC(c2ccnc3[nH]cc(C(N)=O)c23)C2CCC2)cc1. The van der Waals surface area contributed by atoms with Gasteiger partial charge in [-0.2, -0.15) is 0 Å². The van der Waals surface area contributed by atoms with Gasteiger partial charge in [-0.05, 0) is 81.2 Å². The molecular weight excluding hydrogens is 424 g/mol. The van der Waals surface area contributed by atoms with Crippen LogP contribution in [0.2, 0.25) is 0 Å². The lowest BCUT2D eigenvalue weighted by Crippen LogP contribution is -2.40. The van der Waals surface area contributed by atoms with Crippen molar-refractivity contribution >= 4 is 27.0 Å². The van der Waals surface area contributed by atoms with Gasteiger partial charge in [0.15, 0.2) is 0 Å². The van der Waals surface area contributed by atoms with Crippen LogP contribution in [-0.2, 0) is 16.4 Å². The summed E-state index contributed by atoms with van der Waals surface area (Å²) in [6, 6.07) is 9.07. The van der Waals surface area contributed by atoms with E-state index in [0.717, 1.165) is 35.8 Å². The van der Waals surface area contributed by atoms with Gasteiger partial charge in [0.25, 0.3) is 5.91 Å². The summed E-state index contributed by atoms with van der Waals surface area (Å²) in [6.45, 7) is 5.46. The molecule has 2 heterocycles. The summed E-state index contributed by atoms with van der Waals surface area (Å²) >= 11 is 0. The van der Waals surface area contributed by atoms with E-state index in [1.807, 2.05) is 39.0 Å². The Morgan fingerprint density at radius 3 is 2.47 bits per heavy atom. The van der Waals surface area contributed by atoms with Crippen LogP contribution in [0.1, 0.15) is 67.4 Å². The zero-order valence-corrected chi connectivity index (χ0v) is 19.5. The van der Waals surface area contributed by atoms with Crippen LogP contribution >= 0.6 is 0 Å². The number of nitrogens with zero attached hydrogens (tertiary/aromatic N) is 1. The van der Waals surface area contributed by atoms with Crippen LogP contribution in [0.15, 0.2) is 47.6 Å². The topological polar surface area (TPSA) is 118 Å². The fourth-order valence-corrected chi connectivity index (χ4v) is 5.90. The number of fused-ring (bicyclic) bond motifs is 1. The number of primary amides is 1. The molecule has 4 N–H and O–H groups in total. The molecule has 1 saturated carbocycles. The van der Waals surface area contributed by atoms with Gasteiger partial charge in [-0.3, -0.25) is 4.79 Å². The first-order valence-electron chi connectivity index (χ1n) is 10.9. The summed E-state index contributed by atoms with van der Waals surface area (Å²) in [7, 11) is -3.58. The van der Waals surface area contributed by atoms with E-state index >= 15 is 0 Å². The van der Waals surface area contributed by atoms with Crippen molar-refractivity contribution in [3.05, 3.63) is 59.4 Å². The number of aromatic nitrogens is 2. The van der Waals surface area contributed by atoms with Crippen LogP contribution in [-0.4, -0.2) is 29.8 Å². The van der Waals surface area contributed by atoms with Crippen molar-refractivity contribution in [2.45, 2.75) is 62.8 Å². The quantitative estimate of drug-likeness (QED) is 0.502. The molecule has 2 aromatic heterocycles. The molecule has 1 fully saturated rings. The number of carbonyl (C=O) groups is 1. The van der Waals surface area contributed by atoms with Gasteiger partial charge in [0.1, 0.15) is 5.65 Å². The minimum Gasteiger partial charge on any atom is -0.366 e. The van der Waals surface area contributed by atoms with Crippen molar-refractivity contribution in [1.82, 2.24) is 14.7 Å². The van der Waals surface area contributed by atoms with Crippen molar-refractivity contribution < 1.29 is 13.2 Å². The number of H-pyrrole nitrogens is 1. The van der Waals surface area contributed by atoms with Gasteiger partial charge in [-0.1, -0.05) is 18.6 Å². The number of hydrogen-bond acceptors (Lipinski definition) is 4. The average molecular weight is 455 g/mol. The summed E-state index contributed by atoms with van der Waals surface area (Å²) < 4.78 is 27.9. The Balaban J connectivity index is 1.67. The van der Waals surface area contributed by atoms with Gasteiger partial charge in [0.2, 0.25) is 10.0 Å². The fourth-order valence-electron chi connectivity index (χ4n) is 4.48. The Morgan fingerprint density at radius 1 is 1.22 bits per heavy atom. The van der Waals surface area contributed by atoms with Gasteiger partial charge in [-0.25, -0.2) is 18.1 Å². The minimum absolute atomic E-state index is 0.193. The summed E-state index contributed by atoms with van der Waals surface area (Å²) in [5.41, 5.74) is 8.32. The number of aromatic amines is 1. The maximum absolute atomic E-state index is 12.6. The van der Waals surface area contributed by atoms with Gasteiger partial charge in [0, 0.05) is 23.3 Å². The van der Waals surface area contributed by atoms with Crippen LogP contribution in [0, 0.1) is 5.92 Å². The van der Waals surface area contributed by atoms with E-state index < -0.39 is 21.5 Å². The monoisotopic (exact) mass is 454 g/mol. The molecule has 0 aliphatic heterocycles. The minimum atomic E-state index is -3.58. The highest BCUT2D eigenvalue weighted by molar-refractivity contribution is 7.89. The largest absolute Gasteiger partial charge is 0.366 e. The molecule has 7 nitrogen and oxygen atoms in total. The van der Waals surface area contributed by atoms with E-state index in [0.29, 0.717) is 17.1 Å². The van der Waals surface area contributed by atoms with Crippen LogP contribution in [0.25, 0.3) is 11.0 Å². The fraction of sp³-hybridized carbons (Fsp3) is 0.417. The van der Waals surface area contributed by atoms with Crippen molar-refractivity contribution in [2.24, 2.45) is 11.7 Å². The Labute approximate surface area is 188 Å². The van der Waals surface area contributed by atoms with Crippen molar-refractivity contribution in [2.75, 3.05) is 0 Å². The van der Waals surface area contributed by atoms with Crippen LogP contribution in [0.3, 0.4) is 0 Å². The Morgan fingerprint density at radius 2 is 1.91 bits per heavy atom. The molecule has 32 heavy (non-hydrogen) atoms. The lowest BCUT2D eigenvalue weighted by atomic mass is 9.70. The van der Waals surface area contributed by atoms with Crippen LogP contribution < -0.4 is 10.5 Å². The van der Waals surface area contributed by atoms with E-state index in [2.05, 4.69) is 14.7 Å². The first kappa shape index (κ1) is 22.5. The van der Waals surface area contributed by atoms with Crippen LogP contribution in [0.4, 0.5) is 0 Å². The second-order valence-corrected chi connectivity index (χ2v) is 11.4. The van der Waals surface area contributed by atoms with E-state index in [-0.39, 0.29) is 10.8 Å². The number of sulfonamides is 1. The molecule has 1 aromatic carbocycles. The second kappa shape index (κ2) is 8.33. The van der Waals surface area contributed by atoms with E-state index in [9.17, 15) is 13.2 Å². The lowest BCUT2D eigenvalue weighted by molar-refractivity contribution is 0.100. The normalized spacial score (nSPS) is 16.1. The highest BCUT2D eigenvalue weighted by Crippen LogP contribution is 2.43. The van der Waals surface area contributed by atoms with Gasteiger partial charge >= 0.3 is 0 Å². The lowest BCUT2D eigenvalue weighted by Gasteiger charge is -2.35. The predicted molar refractivity (Wildman–Crippen MR) is 125 cm³/mol. The number of carbonyl (C=O) groups excluding carboxylic acids is 1.